The highest BCUT2D eigenvalue weighted by molar-refractivity contribution is 7.16. The van der Waals surface area contributed by atoms with E-state index in [-0.39, 0.29) is 6.04 Å². The molecule has 32 heavy (non-hydrogen) atoms. The van der Waals surface area contributed by atoms with Crippen LogP contribution in [0.2, 0.25) is 0 Å². The number of aryl methyl sites for hydroxylation is 1. The lowest BCUT2D eigenvalue weighted by Gasteiger charge is -2.17. The Hall–Kier alpha value is -3.71. The van der Waals surface area contributed by atoms with Gasteiger partial charge in [-0.25, -0.2) is 19.9 Å². The maximum absolute atomic E-state index is 13.2. The Bertz CT molecular complexity index is 1400. The molecule has 0 saturated carbocycles. The molecule has 0 aliphatic heterocycles. The van der Waals surface area contributed by atoms with Crippen LogP contribution in [0.25, 0.3) is 32.6 Å². The summed E-state index contributed by atoms with van der Waals surface area (Å²) in [4.78, 5) is 17.3. The van der Waals surface area contributed by atoms with E-state index in [1.54, 1.807) is 23.6 Å². The van der Waals surface area contributed by atoms with Crippen LogP contribution in [0.4, 0.5) is 10.2 Å². The molecule has 2 aromatic carbocycles. The molecule has 158 valence electrons. The first-order valence-electron chi connectivity index (χ1n) is 10.2. The Balaban J connectivity index is 1.41. The molecule has 1 N–H and O–H groups in total. The lowest BCUT2D eigenvalue weighted by Crippen LogP contribution is -2.09. The quantitative estimate of drug-likeness (QED) is 0.318. The van der Waals surface area contributed by atoms with Gasteiger partial charge in [0, 0.05) is 29.4 Å². The number of rotatable bonds is 5. The molecule has 1 unspecified atom stereocenters. The van der Waals surface area contributed by atoms with Gasteiger partial charge < -0.3 is 5.32 Å². The summed E-state index contributed by atoms with van der Waals surface area (Å²) in [5.74, 6) is 0.982. The second-order valence-electron chi connectivity index (χ2n) is 7.58. The van der Waals surface area contributed by atoms with E-state index in [1.807, 2.05) is 42.8 Å². The molecule has 0 aliphatic rings. The lowest BCUT2D eigenvalue weighted by atomic mass is 10.0. The first-order chi connectivity index (χ1) is 15.5. The summed E-state index contributed by atoms with van der Waals surface area (Å²) in [6, 6.07) is 19.4. The predicted octanol–water partition coefficient (Wildman–Crippen LogP) is 6.44. The molecular formula is C25H20FN5S. The summed E-state index contributed by atoms with van der Waals surface area (Å²) in [6.07, 6.45) is 1.55. The van der Waals surface area contributed by atoms with Crippen LogP contribution in [0.3, 0.4) is 0 Å². The summed E-state index contributed by atoms with van der Waals surface area (Å²) >= 11 is 1.62. The number of nitrogens with one attached hydrogen (secondary N) is 1. The molecule has 0 radical (unpaired) electrons. The maximum Gasteiger partial charge on any atom is 0.212 e. The maximum atomic E-state index is 13.2. The molecule has 0 aliphatic carbocycles. The minimum absolute atomic E-state index is 0.00878. The van der Waals surface area contributed by atoms with E-state index in [1.165, 1.54) is 6.07 Å². The fraction of sp³-hybridized carbons (Fsp3) is 0.120. The van der Waals surface area contributed by atoms with Gasteiger partial charge in [0.2, 0.25) is 5.95 Å². The van der Waals surface area contributed by atoms with Gasteiger partial charge >= 0.3 is 0 Å². The van der Waals surface area contributed by atoms with E-state index in [9.17, 15) is 4.39 Å². The zero-order chi connectivity index (χ0) is 22.1. The second kappa shape index (κ2) is 8.43. The van der Waals surface area contributed by atoms with Gasteiger partial charge in [0.25, 0.3) is 0 Å². The van der Waals surface area contributed by atoms with Crippen LogP contribution in [0.1, 0.15) is 24.4 Å². The van der Waals surface area contributed by atoms with Crippen LogP contribution in [-0.4, -0.2) is 19.9 Å². The molecule has 0 amide bonds. The number of pyridine rings is 1. The molecule has 0 bridgehead atoms. The Morgan fingerprint density at radius 2 is 1.78 bits per heavy atom. The van der Waals surface area contributed by atoms with Crippen LogP contribution in [0.15, 0.2) is 72.4 Å². The van der Waals surface area contributed by atoms with Gasteiger partial charge in [0.1, 0.15) is 11.6 Å². The third-order valence-electron chi connectivity index (χ3n) is 5.28. The van der Waals surface area contributed by atoms with Crippen molar-refractivity contribution in [1.29, 1.82) is 0 Å². The van der Waals surface area contributed by atoms with E-state index < -0.39 is 5.95 Å². The molecule has 0 spiro atoms. The number of thiazole rings is 1. The van der Waals surface area contributed by atoms with Crippen molar-refractivity contribution in [2.75, 3.05) is 5.32 Å². The molecular weight excluding hydrogens is 421 g/mol. The number of anilines is 1. The molecule has 3 aromatic heterocycles. The lowest BCUT2D eigenvalue weighted by molar-refractivity contribution is 0.584. The largest absolute Gasteiger partial charge is 0.363 e. The van der Waals surface area contributed by atoms with Gasteiger partial charge in [-0.05, 0) is 55.3 Å². The van der Waals surface area contributed by atoms with Gasteiger partial charge in [-0.15, -0.1) is 11.3 Å². The molecule has 0 saturated heterocycles. The average molecular weight is 442 g/mol. The highest BCUT2D eigenvalue weighted by atomic mass is 32.1. The van der Waals surface area contributed by atoms with Crippen LogP contribution in [0.5, 0.6) is 0 Å². The van der Waals surface area contributed by atoms with Gasteiger partial charge in [0.15, 0.2) is 0 Å². The zero-order valence-corrected chi connectivity index (χ0v) is 18.4. The van der Waals surface area contributed by atoms with Crippen molar-refractivity contribution >= 4 is 27.4 Å². The molecule has 3 heterocycles. The SMILES string of the molecule is Cc1nc(NC(C)c2cccc(-c3ccc(F)nc3)c2)cc(-c2ccc3ncsc3c2)n1. The van der Waals surface area contributed by atoms with E-state index in [0.29, 0.717) is 5.82 Å². The summed E-state index contributed by atoms with van der Waals surface area (Å²) in [5.41, 5.74) is 7.70. The molecule has 1 atom stereocenters. The van der Waals surface area contributed by atoms with Gasteiger partial charge in [-0.1, -0.05) is 24.3 Å². The number of aromatic nitrogens is 4. The number of nitrogens with zero attached hydrogens (tertiary/aromatic N) is 4. The standard InChI is InChI=1S/C25H20FN5S/c1-15(17-4-3-5-18(10-17)20-7-9-24(26)27-13-20)29-25-12-22(30-16(2)31-25)19-6-8-21-23(11-19)32-14-28-21/h3-15H,1-2H3,(H,29,30,31). The molecule has 5 rings (SSSR count). The van der Waals surface area contributed by atoms with Crippen molar-refractivity contribution in [3.8, 4) is 22.4 Å². The fourth-order valence-electron chi connectivity index (χ4n) is 3.64. The number of fused-ring (bicyclic) bond motifs is 1. The van der Waals surface area contributed by atoms with E-state index in [4.69, 9.17) is 0 Å². The Morgan fingerprint density at radius 1 is 0.906 bits per heavy atom. The van der Waals surface area contributed by atoms with Crippen molar-refractivity contribution in [3.63, 3.8) is 0 Å². The third kappa shape index (κ3) is 4.20. The van der Waals surface area contributed by atoms with Gasteiger partial charge in [0.05, 0.1) is 21.4 Å². The Kier molecular flexibility index (Phi) is 5.33. The van der Waals surface area contributed by atoms with Crippen molar-refractivity contribution in [2.24, 2.45) is 0 Å². The molecule has 0 fully saturated rings. The summed E-state index contributed by atoms with van der Waals surface area (Å²) in [5, 5.41) is 3.49. The van der Waals surface area contributed by atoms with Crippen molar-refractivity contribution < 1.29 is 4.39 Å². The van der Waals surface area contributed by atoms with Crippen LogP contribution < -0.4 is 5.32 Å². The van der Waals surface area contributed by atoms with Gasteiger partial charge in [-0.3, -0.25) is 0 Å². The number of benzene rings is 2. The smallest absolute Gasteiger partial charge is 0.212 e. The van der Waals surface area contributed by atoms with Crippen LogP contribution >= 0.6 is 11.3 Å². The monoisotopic (exact) mass is 441 g/mol. The summed E-state index contributed by atoms with van der Waals surface area (Å²) < 4.78 is 14.3. The average Bonchev–Trinajstić information content (AvgIpc) is 3.27. The summed E-state index contributed by atoms with van der Waals surface area (Å²) in [7, 11) is 0. The van der Waals surface area contributed by atoms with E-state index in [2.05, 4.69) is 50.4 Å². The first kappa shape index (κ1) is 20.2. The number of hydrogen-bond acceptors (Lipinski definition) is 6. The third-order valence-corrected chi connectivity index (χ3v) is 6.07. The highest BCUT2D eigenvalue weighted by Gasteiger charge is 2.11. The fourth-order valence-corrected chi connectivity index (χ4v) is 4.36. The van der Waals surface area contributed by atoms with Crippen molar-refractivity contribution in [3.05, 3.63) is 89.7 Å². The zero-order valence-electron chi connectivity index (χ0n) is 17.6. The van der Waals surface area contributed by atoms with E-state index >= 15 is 0 Å². The normalized spacial score (nSPS) is 12.1. The Labute approximate surface area is 189 Å². The van der Waals surface area contributed by atoms with Crippen LogP contribution in [-0.2, 0) is 0 Å². The van der Waals surface area contributed by atoms with Gasteiger partial charge in [-0.2, -0.15) is 4.39 Å². The topological polar surface area (TPSA) is 63.6 Å². The number of halogens is 1. The van der Waals surface area contributed by atoms with E-state index in [0.717, 1.165) is 44.0 Å². The van der Waals surface area contributed by atoms with Crippen molar-refractivity contribution in [2.45, 2.75) is 19.9 Å². The first-order valence-corrected chi connectivity index (χ1v) is 11.1. The number of hydrogen-bond donors (Lipinski definition) is 1. The Morgan fingerprint density at radius 3 is 2.62 bits per heavy atom. The predicted molar refractivity (Wildman–Crippen MR) is 127 cm³/mol. The minimum atomic E-state index is -0.482. The highest BCUT2D eigenvalue weighted by Crippen LogP contribution is 2.28. The van der Waals surface area contributed by atoms with Crippen LogP contribution in [0, 0.1) is 12.9 Å². The molecule has 5 aromatic rings. The minimum Gasteiger partial charge on any atom is -0.363 e. The van der Waals surface area contributed by atoms with Crippen molar-refractivity contribution in [1.82, 2.24) is 19.9 Å². The molecule has 7 heteroatoms. The molecule has 5 nitrogen and oxygen atoms in total. The second-order valence-corrected chi connectivity index (χ2v) is 8.47. The summed E-state index contributed by atoms with van der Waals surface area (Å²) in [6.45, 7) is 3.98.